The van der Waals surface area contributed by atoms with Crippen LogP contribution in [0.5, 0.6) is 0 Å². The second-order valence-corrected chi connectivity index (χ2v) is 6.52. The Labute approximate surface area is 134 Å². The van der Waals surface area contributed by atoms with Crippen LogP contribution >= 0.6 is 24.8 Å². The molecule has 0 atom stereocenters. The number of nitrogens with zero attached hydrogens (tertiary/aromatic N) is 4. The van der Waals surface area contributed by atoms with E-state index in [-0.39, 0.29) is 35.8 Å². The molecule has 0 aromatic carbocycles. The summed E-state index contributed by atoms with van der Waals surface area (Å²) in [6.07, 6.45) is 1.01. The van der Waals surface area contributed by atoms with Crippen LogP contribution in [0.25, 0.3) is 0 Å². The van der Waals surface area contributed by atoms with Crippen molar-refractivity contribution in [2.75, 3.05) is 13.1 Å². The van der Waals surface area contributed by atoms with Crippen molar-refractivity contribution in [3.63, 3.8) is 0 Å². The topological polar surface area (TPSA) is 81.7 Å². The maximum atomic E-state index is 5.45. The zero-order chi connectivity index (χ0) is 13.8. The van der Waals surface area contributed by atoms with Crippen LogP contribution in [0, 0.1) is 5.41 Å². The summed E-state index contributed by atoms with van der Waals surface area (Å²) in [6, 6.07) is 0. The van der Waals surface area contributed by atoms with Crippen LogP contribution in [0.15, 0.2) is 0 Å². The van der Waals surface area contributed by atoms with E-state index in [1.165, 1.54) is 0 Å². The van der Waals surface area contributed by atoms with Crippen LogP contribution in [0.2, 0.25) is 0 Å². The van der Waals surface area contributed by atoms with Crippen molar-refractivity contribution < 1.29 is 0 Å². The molecule has 1 aromatic heterocycles. The Morgan fingerprint density at radius 2 is 1.75 bits per heavy atom. The molecule has 8 heteroatoms. The van der Waals surface area contributed by atoms with Gasteiger partial charge in [-0.1, -0.05) is 20.8 Å². The second kappa shape index (κ2) is 8.77. The molecular formula is C12H28Cl2N6. The van der Waals surface area contributed by atoms with Crippen molar-refractivity contribution in [1.82, 2.24) is 25.5 Å². The van der Waals surface area contributed by atoms with E-state index in [1.54, 1.807) is 0 Å². The average Bonchev–Trinajstić information content (AvgIpc) is 2.63. The summed E-state index contributed by atoms with van der Waals surface area (Å²) in [5.41, 5.74) is 5.59. The molecule has 6 nitrogen and oxygen atoms in total. The highest BCUT2D eigenvalue weighted by atomic mass is 35.5. The van der Waals surface area contributed by atoms with Gasteiger partial charge in [-0.25, -0.2) is 4.68 Å². The first-order valence-electron chi connectivity index (χ1n) is 6.45. The summed E-state index contributed by atoms with van der Waals surface area (Å²) in [7, 11) is 0. The molecule has 1 heterocycles. The molecule has 0 spiro atoms. The number of nitrogens with two attached hydrogens (primary N) is 1. The summed E-state index contributed by atoms with van der Waals surface area (Å²) in [5, 5.41) is 15.2. The lowest BCUT2D eigenvalue weighted by Crippen LogP contribution is -2.35. The van der Waals surface area contributed by atoms with Gasteiger partial charge in [-0.2, -0.15) is 0 Å². The minimum atomic E-state index is -0.0958. The van der Waals surface area contributed by atoms with Crippen LogP contribution in [0.3, 0.4) is 0 Å². The summed E-state index contributed by atoms with van der Waals surface area (Å²) < 4.78 is 1.92. The summed E-state index contributed by atoms with van der Waals surface area (Å²) in [6.45, 7) is 13.1. The molecule has 20 heavy (non-hydrogen) atoms. The third-order valence-electron chi connectivity index (χ3n) is 2.67. The molecule has 1 aromatic rings. The fourth-order valence-electron chi connectivity index (χ4n) is 2.46. The van der Waals surface area contributed by atoms with Crippen LogP contribution in [0.4, 0.5) is 0 Å². The third-order valence-corrected chi connectivity index (χ3v) is 2.67. The number of nitrogens with one attached hydrogen (secondary N) is 1. The Kier molecular flexibility index (Phi) is 9.58. The standard InChI is InChI=1S/C12H26N6.2ClH/c1-11(2,3)9-12(4,5)18-10(15-16-17-18)8-14-7-6-13;;/h14H,6-9,13H2,1-5H3;2*1H. The number of rotatable bonds is 6. The van der Waals surface area contributed by atoms with Gasteiger partial charge in [0, 0.05) is 13.1 Å². The van der Waals surface area contributed by atoms with E-state index in [9.17, 15) is 0 Å². The molecule has 1 rings (SSSR count). The largest absolute Gasteiger partial charge is 0.329 e. The van der Waals surface area contributed by atoms with E-state index in [2.05, 4.69) is 55.5 Å². The first-order valence-corrected chi connectivity index (χ1v) is 6.45. The van der Waals surface area contributed by atoms with Gasteiger partial charge >= 0.3 is 0 Å². The van der Waals surface area contributed by atoms with Crippen molar-refractivity contribution >= 4 is 24.8 Å². The van der Waals surface area contributed by atoms with E-state index in [4.69, 9.17) is 5.73 Å². The lowest BCUT2D eigenvalue weighted by molar-refractivity contribution is 0.190. The third kappa shape index (κ3) is 6.83. The fourth-order valence-corrected chi connectivity index (χ4v) is 2.46. The molecular weight excluding hydrogens is 299 g/mol. The van der Waals surface area contributed by atoms with Crippen LogP contribution < -0.4 is 11.1 Å². The Morgan fingerprint density at radius 1 is 1.15 bits per heavy atom. The number of hydrogen-bond acceptors (Lipinski definition) is 5. The van der Waals surface area contributed by atoms with Crippen molar-refractivity contribution in [3.05, 3.63) is 5.82 Å². The lowest BCUT2D eigenvalue weighted by atomic mass is 9.82. The van der Waals surface area contributed by atoms with E-state index < -0.39 is 0 Å². The molecule has 0 unspecified atom stereocenters. The Bertz CT molecular complexity index is 372. The van der Waals surface area contributed by atoms with Gasteiger partial charge in [0.2, 0.25) is 0 Å². The number of halogens is 2. The smallest absolute Gasteiger partial charge is 0.165 e. The molecule has 0 saturated carbocycles. The summed E-state index contributed by atoms with van der Waals surface area (Å²) in [4.78, 5) is 0. The Hall–Kier alpha value is -0.430. The van der Waals surface area contributed by atoms with E-state index in [1.807, 2.05) is 4.68 Å². The summed E-state index contributed by atoms with van der Waals surface area (Å²) in [5.74, 6) is 0.859. The van der Waals surface area contributed by atoms with Gasteiger partial charge in [0.15, 0.2) is 5.82 Å². The lowest BCUT2D eigenvalue weighted by Gasteiger charge is -2.32. The van der Waals surface area contributed by atoms with Crippen molar-refractivity contribution in [1.29, 1.82) is 0 Å². The fraction of sp³-hybridized carbons (Fsp3) is 0.917. The predicted molar refractivity (Wildman–Crippen MR) is 86.5 cm³/mol. The van der Waals surface area contributed by atoms with Crippen molar-refractivity contribution in [2.45, 2.75) is 53.1 Å². The molecule has 0 amide bonds. The monoisotopic (exact) mass is 326 g/mol. The highest BCUT2D eigenvalue weighted by Gasteiger charge is 2.30. The summed E-state index contributed by atoms with van der Waals surface area (Å²) >= 11 is 0. The van der Waals surface area contributed by atoms with Gasteiger partial charge in [0.25, 0.3) is 0 Å². The number of hydrogen-bond donors (Lipinski definition) is 2. The molecule has 0 bridgehead atoms. The zero-order valence-electron chi connectivity index (χ0n) is 13.0. The molecule has 0 saturated heterocycles. The van der Waals surface area contributed by atoms with Crippen molar-refractivity contribution in [3.8, 4) is 0 Å². The molecule has 0 aliphatic rings. The highest BCUT2D eigenvalue weighted by molar-refractivity contribution is 5.85. The highest BCUT2D eigenvalue weighted by Crippen LogP contribution is 2.31. The predicted octanol–water partition coefficient (Wildman–Crippen LogP) is 1.74. The SMILES string of the molecule is CC(C)(C)CC(C)(C)n1nnnc1CNCCN.Cl.Cl. The van der Waals surface area contributed by atoms with Gasteiger partial charge in [-0.3, -0.25) is 0 Å². The Morgan fingerprint density at radius 3 is 2.25 bits per heavy atom. The van der Waals surface area contributed by atoms with Crippen LogP contribution in [-0.4, -0.2) is 33.3 Å². The molecule has 0 radical (unpaired) electrons. The Balaban J connectivity index is 0. The first kappa shape index (κ1) is 21.9. The first-order chi connectivity index (χ1) is 8.26. The maximum absolute atomic E-state index is 5.45. The van der Waals surface area contributed by atoms with Gasteiger partial charge < -0.3 is 11.1 Å². The van der Waals surface area contributed by atoms with E-state index in [0.717, 1.165) is 18.8 Å². The average molecular weight is 327 g/mol. The molecule has 120 valence electrons. The van der Waals surface area contributed by atoms with E-state index in [0.29, 0.717) is 13.1 Å². The minimum Gasteiger partial charge on any atom is -0.329 e. The van der Waals surface area contributed by atoms with Gasteiger partial charge in [-0.15, -0.1) is 29.9 Å². The zero-order valence-corrected chi connectivity index (χ0v) is 14.6. The van der Waals surface area contributed by atoms with Gasteiger partial charge in [0.1, 0.15) is 0 Å². The van der Waals surface area contributed by atoms with Crippen LogP contribution in [0.1, 0.15) is 46.9 Å². The quantitative estimate of drug-likeness (QED) is 0.778. The van der Waals surface area contributed by atoms with Crippen LogP contribution in [-0.2, 0) is 12.1 Å². The van der Waals surface area contributed by atoms with Gasteiger partial charge in [-0.05, 0) is 36.1 Å². The maximum Gasteiger partial charge on any atom is 0.165 e. The minimum absolute atomic E-state index is 0. The van der Waals surface area contributed by atoms with Gasteiger partial charge in [0.05, 0.1) is 12.1 Å². The normalized spacial score (nSPS) is 11.7. The molecule has 0 aliphatic carbocycles. The number of tetrazole rings is 1. The second-order valence-electron chi connectivity index (χ2n) is 6.52. The molecule has 3 N–H and O–H groups in total. The molecule has 0 aliphatic heterocycles. The number of aromatic nitrogens is 4. The van der Waals surface area contributed by atoms with E-state index >= 15 is 0 Å². The van der Waals surface area contributed by atoms with Crippen molar-refractivity contribution in [2.24, 2.45) is 11.1 Å². The molecule has 0 fully saturated rings.